The molecule has 0 N–H and O–H groups in total. The predicted octanol–water partition coefficient (Wildman–Crippen LogP) is 4.92. The van der Waals surface area contributed by atoms with Crippen LogP contribution in [-0.4, -0.2) is 24.0 Å². The summed E-state index contributed by atoms with van der Waals surface area (Å²) in [5.74, 6) is -0.0831. The van der Waals surface area contributed by atoms with Crippen molar-refractivity contribution in [1.29, 1.82) is 0 Å². The number of piperidine rings is 1. The van der Waals surface area contributed by atoms with Crippen LogP contribution in [-0.2, 0) is 6.54 Å². The fourth-order valence-corrected chi connectivity index (χ4v) is 3.64. The second kappa shape index (κ2) is 8.70. The molecule has 1 amide bonds. The Bertz CT molecular complexity index is 888. The Labute approximate surface area is 166 Å². The molecule has 1 saturated heterocycles. The molecule has 28 heavy (non-hydrogen) atoms. The Balaban J connectivity index is 1.58. The van der Waals surface area contributed by atoms with Crippen molar-refractivity contribution in [1.82, 2.24) is 4.98 Å². The maximum Gasteiger partial charge on any atom is 0.277 e. The van der Waals surface area contributed by atoms with E-state index in [0.717, 1.165) is 30.0 Å². The minimum atomic E-state index is -0.0831. The molecule has 1 aromatic heterocycles. The van der Waals surface area contributed by atoms with E-state index in [-0.39, 0.29) is 5.91 Å². The van der Waals surface area contributed by atoms with E-state index in [9.17, 15) is 4.79 Å². The first-order chi connectivity index (χ1) is 13.8. The molecule has 4 nitrogen and oxygen atoms in total. The summed E-state index contributed by atoms with van der Waals surface area (Å²) in [6, 6.07) is 23.7. The number of anilines is 2. The summed E-state index contributed by atoms with van der Waals surface area (Å²) < 4.78 is 0. The van der Waals surface area contributed by atoms with Gasteiger partial charge in [0.05, 0.1) is 18.4 Å². The molecule has 1 aliphatic heterocycles. The first kappa shape index (κ1) is 18.2. The van der Waals surface area contributed by atoms with Crippen molar-refractivity contribution in [3.8, 4) is 0 Å². The molecule has 1 aliphatic rings. The summed E-state index contributed by atoms with van der Waals surface area (Å²) in [5.41, 5.74) is 3.54. The minimum Gasteiger partial charge on any atom is -0.370 e. The predicted molar refractivity (Wildman–Crippen MR) is 114 cm³/mol. The number of benzene rings is 2. The highest BCUT2D eigenvalue weighted by molar-refractivity contribution is 6.04. The quantitative estimate of drug-likeness (QED) is 0.639. The topological polar surface area (TPSA) is 36.4 Å². The lowest BCUT2D eigenvalue weighted by Gasteiger charge is -2.28. The van der Waals surface area contributed by atoms with E-state index in [1.165, 1.54) is 19.3 Å². The number of aromatic nitrogens is 1. The lowest BCUT2D eigenvalue weighted by Crippen LogP contribution is -2.32. The highest BCUT2D eigenvalue weighted by atomic mass is 16.2. The highest BCUT2D eigenvalue weighted by Crippen LogP contribution is 2.22. The highest BCUT2D eigenvalue weighted by Gasteiger charge is 2.20. The lowest BCUT2D eigenvalue weighted by atomic mass is 10.1. The first-order valence-corrected chi connectivity index (χ1v) is 9.93. The molecule has 142 valence electrons. The number of rotatable bonds is 5. The number of para-hydroxylation sites is 1. The van der Waals surface area contributed by atoms with Gasteiger partial charge in [0.1, 0.15) is 5.69 Å². The van der Waals surface area contributed by atoms with Crippen molar-refractivity contribution in [2.24, 2.45) is 0 Å². The third-order valence-electron chi connectivity index (χ3n) is 5.18. The fourth-order valence-electron chi connectivity index (χ4n) is 3.64. The van der Waals surface area contributed by atoms with Crippen LogP contribution in [0.15, 0.2) is 79.0 Å². The molecular weight excluding hydrogens is 346 g/mol. The zero-order chi connectivity index (χ0) is 19.2. The molecule has 2 aromatic carbocycles. The zero-order valence-corrected chi connectivity index (χ0v) is 16.0. The molecule has 3 aromatic rings. The van der Waals surface area contributed by atoms with Crippen molar-refractivity contribution < 1.29 is 4.79 Å². The van der Waals surface area contributed by atoms with Gasteiger partial charge in [-0.25, -0.2) is 4.98 Å². The second-order valence-corrected chi connectivity index (χ2v) is 7.16. The Morgan fingerprint density at radius 3 is 2.18 bits per heavy atom. The van der Waals surface area contributed by atoms with Crippen molar-refractivity contribution in [2.75, 3.05) is 22.9 Å². The molecule has 0 aliphatic carbocycles. The molecule has 0 bridgehead atoms. The van der Waals surface area contributed by atoms with Gasteiger partial charge in [-0.05, 0) is 49.1 Å². The molecular formula is C24H25N3O. The molecule has 0 saturated carbocycles. The summed E-state index contributed by atoms with van der Waals surface area (Å²) in [6.45, 7) is 2.65. The Morgan fingerprint density at radius 2 is 1.54 bits per heavy atom. The molecule has 1 fully saturated rings. The van der Waals surface area contributed by atoms with Gasteiger partial charge in [0.15, 0.2) is 0 Å². The van der Waals surface area contributed by atoms with Gasteiger partial charge in [-0.2, -0.15) is 0 Å². The third kappa shape index (κ3) is 4.22. The van der Waals surface area contributed by atoms with Gasteiger partial charge >= 0.3 is 0 Å². The summed E-state index contributed by atoms with van der Waals surface area (Å²) in [6.07, 6.45) is 5.58. The van der Waals surface area contributed by atoms with E-state index in [0.29, 0.717) is 12.2 Å². The normalized spacial score (nSPS) is 13.9. The molecule has 0 spiro atoms. The third-order valence-corrected chi connectivity index (χ3v) is 5.18. The van der Waals surface area contributed by atoms with Crippen LogP contribution < -0.4 is 9.80 Å². The van der Waals surface area contributed by atoms with Crippen molar-refractivity contribution in [3.05, 3.63) is 90.3 Å². The fraction of sp³-hybridized carbons (Fsp3) is 0.250. The molecule has 2 heterocycles. The number of amides is 1. The van der Waals surface area contributed by atoms with Crippen LogP contribution in [0.5, 0.6) is 0 Å². The zero-order valence-electron chi connectivity index (χ0n) is 16.0. The van der Waals surface area contributed by atoms with Gasteiger partial charge in [-0.15, -0.1) is 0 Å². The van der Waals surface area contributed by atoms with Crippen LogP contribution in [0.3, 0.4) is 0 Å². The second-order valence-electron chi connectivity index (χ2n) is 7.16. The maximum absolute atomic E-state index is 13.3. The van der Waals surface area contributed by atoms with Gasteiger partial charge in [-0.1, -0.05) is 48.5 Å². The lowest BCUT2D eigenvalue weighted by molar-refractivity contribution is 0.0980. The van der Waals surface area contributed by atoms with Crippen molar-refractivity contribution in [3.63, 3.8) is 0 Å². The number of nitrogens with zero attached hydrogens (tertiary/aromatic N) is 3. The van der Waals surface area contributed by atoms with E-state index >= 15 is 0 Å². The van der Waals surface area contributed by atoms with Gasteiger partial charge in [0.2, 0.25) is 0 Å². The van der Waals surface area contributed by atoms with Gasteiger partial charge in [0.25, 0.3) is 5.91 Å². The van der Waals surface area contributed by atoms with Crippen LogP contribution in [0.4, 0.5) is 11.4 Å². The van der Waals surface area contributed by atoms with Crippen LogP contribution in [0.1, 0.15) is 35.3 Å². The van der Waals surface area contributed by atoms with Crippen LogP contribution in [0, 0.1) is 0 Å². The molecule has 4 heteroatoms. The molecule has 0 radical (unpaired) electrons. The molecule has 0 unspecified atom stereocenters. The van der Waals surface area contributed by atoms with E-state index in [4.69, 9.17) is 0 Å². The smallest absolute Gasteiger partial charge is 0.277 e. The largest absolute Gasteiger partial charge is 0.370 e. The van der Waals surface area contributed by atoms with Crippen molar-refractivity contribution >= 4 is 17.3 Å². The Kier molecular flexibility index (Phi) is 5.66. The number of carbonyl (C=O) groups is 1. The van der Waals surface area contributed by atoms with E-state index in [2.05, 4.69) is 9.88 Å². The standard InChI is InChI=1S/C24H25N3O/c28-24(23-15-14-22(18-25-23)26-16-8-3-9-17-26)27(21-12-6-2-7-13-21)19-20-10-4-1-5-11-20/h1-2,4-7,10-15,18H,3,8-9,16-17,19H2. The maximum atomic E-state index is 13.3. The summed E-state index contributed by atoms with van der Waals surface area (Å²) in [4.78, 5) is 21.9. The minimum absolute atomic E-state index is 0.0831. The SMILES string of the molecule is O=C(c1ccc(N2CCCCC2)cn1)N(Cc1ccccc1)c1ccccc1. The van der Waals surface area contributed by atoms with E-state index < -0.39 is 0 Å². The van der Waals surface area contributed by atoms with Crippen molar-refractivity contribution in [2.45, 2.75) is 25.8 Å². The van der Waals surface area contributed by atoms with Crippen LogP contribution >= 0.6 is 0 Å². The molecule has 0 atom stereocenters. The first-order valence-electron chi connectivity index (χ1n) is 9.93. The van der Waals surface area contributed by atoms with Gasteiger partial charge in [-0.3, -0.25) is 4.79 Å². The Hall–Kier alpha value is -3.14. The van der Waals surface area contributed by atoms with Crippen LogP contribution in [0.2, 0.25) is 0 Å². The van der Waals surface area contributed by atoms with E-state index in [1.54, 1.807) is 4.90 Å². The monoisotopic (exact) mass is 371 g/mol. The van der Waals surface area contributed by atoms with Crippen LogP contribution in [0.25, 0.3) is 0 Å². The summed E-state index contributed by atoms with van der Waals surface area (Å²) in [7, 11) is 0. The number of pyridine rings is 1. The Morgan fingerprint density at radius 1 is 0.857 bits per heavy atom. The number of hydrogen-bond donors (Lipinski definition) is 0. The molecule has 4 rings (SSSR count). The van der Waals surface area contributed by atoms with Gasteiger partial charge < -0.3 is 9.80 Å². The average Bonchev–Trinajstić information content (AvgIpc) is 2.79. The average molecular weight is 371 g/mol. The summed E-state index contributed by atoms with van der Waals surface area (Å²) in [5, 5.41) is 0. The van der Waals surface area contributed by atoms with Gasteiger partial charge in [0, 0.05) is 18.8 Å². The van der Waals surface area contributed by atoms with E-state index in [1.807, 2.05) is 79.0 Å². The number of carbonyl (C=O) groups excluding carboxylic acids is 1. The number of hydrogen-bond acceptors (Lipinski definition) is 3. The summed E-state index contributed by atoms with van der Waals surface area (Å²) >= 11 is 0.